The second kappa shape index (κ2) is 8.93. The maximum atomic E-state index is 12.3. The lowest BCUT2D eigenvalue weighted by Crippen LogP contribution is -2.09. The van der Waals surface area contributed by atoms with Crippen molar-refractivity contribution >= 4 is 40.4 Å². The zero-order valence-corrected chi connectivity index (χ0v) is 18.2. The van der Waals surface area contributed by atoms with Crippen LogP contribution in [0.15, 0.2) is 58.2 Å². The number of esters is 1. The summed E-state index contributed by atoms with van der Waals surface area (Å²) in [6.07, 6.45) is 0. The SMILES string of the molecule is Cc1noc(C)c1COC(=O)CSc1nc2cc(Cl)ccc2n1Cc1ccccc1. The Morgan fingerprint density at radius 1 is 1.20 bits per heavy atom. The number of benzene rings is 2. The van der Waals surface area contributed by atoms with Crippen LogP contribution >= 0.6 is 23.4 Å². The second-order valence-corrected chi connectivity index (χ2v) is 8.23. The molecule has 30 heavy (non-hydrogen) atoms. The number of imidazole rings is 1. The highest BCUT2D eigenvalue weighted by molar-refractivity contribution is 7.99. The minimum atomic E-state index is -0.323. The van der Waals surface area contributed by atoms with Crippen molar-refractivity contribution in [2.24, 2.45) is 0 Å². The number of fused-ring (bicyclic) bond motifs is 1. The van der Waals surface area contributed by atoms with Crippen LogP contribution in [-0.4, -0.2) is 26.4 Å². The van der Waals surface area contributed by atoms with Crippen molar-refractivity contribution in [2.75, 3.05) is 5.75 Å². The summed E-state index contributed by atoms with van der Waals surface area (Å²) < 4.78 is 12.6. The number of hydrogen-bond donors (Lipinski definition) is 0. The quantitative estimate of drug-likeness (QED) is 0.291. The predicted octanol–water partition coefficient (Wildman–Crippen LogP) is 5.18. The van der Waals surface area contributed by atoms with Gasteiger partial charge in [-0.2, -0.15) is 0 Å². The Bertz CT molecular complexity index is 1170. The molecule has 4 rings (SSSR count). The first-order chi connectivity index (χ1) is 14.5. The fraction of sp³-hybridized carbons (Fsp3) is 0.227. The van der Waals surface area contributed by atoms with Gasteiger partial charge in [-0.1, -0.05) is 58.9 Å². The third-order valence-corrected chi connectivity index (χ3v) is 5.92. The van der Waals surface area contributed by atoms with Crippen molar-refractivity contribution in [3.05, 3.63) is 76.1 Å². The van der Waals surface area contributed by atoms with Gasteiger partial charge >= 0.3 is 5.97 Å². The number of thioether (sulfide) groups is 1. The van der Waals surface area contributed by atoms with Crippen LogP contribution in [0, 0.1) is 13.8 Å². The molecule has 0 spiro atoms. The van der Waals surface area contributed by atoms with Crippen LogP contribution in [0.1, 0.15) is 22.6 Å². The van der Waals surface area contributed by atoms with Crippen LogP contribution in [0.2, 0.25) is 5.02 Å². The van der Waals surface area contributed by atoms with Crippen LogP contribution in [-0.2, 0) is 22.7 Å². The van der Waals surface area contributed by atoms with E-state index in [1.54, 1.807) is 6.92 Å². The van der Waals surface area contributed by atoms with E-state index < -0.39 is 0 Å². The van der Waals surface area contributed by atoms with Crippen LogP contribution in [0.3, 0.4) is 0 Å². The molecule has 8 heteroatoms. The molecule has 0 atom stereocenters. The molecule has 0 amide bonds. The minimum Gasteiger partial charge on any atom is -0.460 e. The van der Waals surface area contributed by atoms with Gasteiger partial charge in [0.15, 0.2) is 5.16 Å². The van der Waals surface area contributed by atoms with Gasteiger partial charge in [-0.25, -0.2) is 4.98 Å². The molecule has 0 bridgehead atoms. The van der Waals surface area contributed by atoms with Crippen molar-refractivity contribution in [2.45, 2.75) is 32.2 Å². The van der Waals surface area contributed by atoms with Gasteiger partial charge in [-0.05, 0) is 37.6 Å². The Morgan fingerprint density at radius 3 is 2.73 bits per heavy atom. The second-order valence-electron chi connectivity index (χ2n) is 6.85. The van der Waals surface area contributed by atoms with Crippen molar-refractivity contribution in [1.82, 2.24) is 14.7 Å². The molecule has 2 aromatic heterocycles. The number of aryl methyl sites for hydroxylation is 2. The summed E-state index contributed by atoms with van der Waals surface area (Å²) in [4.78, 5) is 17.0. The van der Waals surface area contributed by atoms with E-state index in [9.17, 15) is 4.79 Å². The largest absolute Gasteiger partial charge is 0.460 e. The van der Waals surface area contributed by atoms with Crippen LogP contribution < -0.4 is 0 Å². The molecular formula is C22H20ClN3O3S. The zero-order chi connectivity index (χ0) is 21.1. The molecule has 0 fully saturated rings. The van der Waals surface area contributed by atoms with Crippen molar-refractivity contribution < 1.29 is 14.1 Å². The lowest BCUT2D eigenvalue weighted by Gasteiger charge is -2.09. The Morgan fingerprint density at radius 2 is 2.00 bits per heavy atom. The van der Waals surface area contributed by atoms with Gasteiger partial charge in [0.2, 0.25) is 0 Å². The van der Waals surface area contributed by atoms with Crippen molar-refractivity contribution in [1.29, 1.82) is 0 Å². The first-order valence-corrected chi connectivity index (χ1v) is 10.8. The summed E-state index contributed by atoms with van der Waals surface area (Å²) in [5, 5.41) is 5.24. The highest BCUT2D eigenvalue weighted by atomic mass is 35.5. The third kappa shape index (κ3) is 4.52. The van der Waals surface area contributed by atoms with E-state index >= 15 is 0 Å². The monoisotopic (exact) mass is 441 g/mol. The molecule has 0 unspecified atom stereocenters. The number of rotatable bonds is 7. The number of aromatic nitrogens is 3. The van der Waals surface area contributed by atoms with Gasteiger partial charge in [-0.15, -0.1) is 0 Å². The fourth-order valence-corrected chi connectivity index (χ4v) is 4.11. The summed E-state index contributed by atoms with van der Waals surface area (Å²) in [7, 11) is 0. The summed E-state index contributed by atoms with van der Waals surface area (Å²) in [6.45, 7) is 4.42. The topological polar surface area (TPSA) is 70.2 Å². The van der Waals surface area contributed by atoms with E-state index in [-0.39, 0.29) is 18.3 Å². The number of ether oxygens (including phenoxy) is 1. The summed E-state index contributed by atoms with van der Waals surface area (Å²) in [5.41, 5.74) is 4.45. The maximum Gasteiger partial charge on any atom is 0.316 e. The van der Waals surface area contributed by atoms with Gasteiger partial charge in [0.05, 0.1) is 34.6 Å². The first kappa shape index (κ1) is 20.5. The Labute approximate surface area is 183 Å². The van der Waals surface area contributed by atoms with Gasteiger partial charge in [0.25, 0.3) is 0 Å². The molecule has 2 aromatic carbocycles. The average molecular weight is 442 g/mol. The zero-order valence-electron chi connectivity index (χ0n) is 16.6. The molecule has 0 radical (unpaired) electrons. The highest BCUT2D eigenvalue weighted by Gasteiger charge is 2.16. The Kier molecular flexibility index (Phi) is 6.11. The number of nitrogens with zero attached hydrogens (tertiary/aromatic N) is 3. The smallest absolute Gasteiger partial charge is 0.316 e. The minimum absolute atomic E-state index is 0.148. The van der Waals surface area contributed by atoms with E-state index in [1.165, 1.54) is 11.8 Å². The molecule has 0 aliphatic heterocycles. The lowest BCUT2D eigenvalue weighted by molar-refractivity contribution is -0.141. The number of carbonyl (C=O) groups is 1. The molecule has 0 aliphatic carbocycles. The van der Waals surface area contributed by atoms with Gasteiger partial charge in [0, 0.05) is 5.02 Å². The van der Waals surface area contributed by atoms with E-state index in [1.807, 2.05) is 43.3 Å². The van der Waals surface area contributed by atoms with E-state index in [0.717, 1.165) is 33.0 Å². The van der Waals surface area contributed by atoms with E-state index in [0.29, 0.717) is 17.3 Å². The average Bonchev–Trinajstić information content (AvgIpc) is 3.24. The summed E-state index contributed by atoms with van der Waals surface area (Å²) in [5.74, 6) is 0.487. The molecule has 2 heterocycles. The third-order valence-electron chi connectivity index (χ3n) is 4.74. The predicted molar refractivity (Wildman–Crippen MR) is 117 cm³/mol. The molecule has 154 valence electrons. The molecule has 0 N–H and O–H groups in total. The Hall–Kier alpha value is -2.77. The molecule has 0 saturated heterocycles. The Balaban J connectivity index is 1.50. The highest BCUT2D eigenvalue weighted by Crippen LogP contribution is 2.27. The normalized spacial score (nSPS) is 11.2. The summed E-state index contributed by atoms with van der Waals surface area (Å²) in [6, 6.07) is 15.8. The first-order valence-electron chi connectivity index (χ1n) is 9.41. The number of hydrogen-bond acceptors (Lipinski definition) is 6. The van der Waals surface area contributed by atoms with Crippen molar-refractivity contribution in [3.63, 3.8) is 0 Å². The number of halogens is 1. The lowest BCUT2D eigenvalue weighted by atomic mass is 10.2. The number of carbonyl (C=O) groups excluding carboxylic acids is 1. The molecule has 0 saturated carbocycles. The van der Waals surface area contributed by atoms with Crippen molar-refractivity contribution in [3.8, 4) is 0 Å². The standard InChI is InChI=1S/C22H20ClN3O3S/c1-14-18(15(2)29-25-14)12-28-21(27)13-30-22-24-19-10-17(23)8-9-20(19)26(22)11-16-6-4-3-5-7-16/h3-10H,11-13H2,1-2H3. The van der Waals surface area contributed by atoms with Crippen LogP contribution in [0.5, 0.6) is 0 Å². The van der Waals surface area contributed by atoms with E-state index in [4.69, 9.17) is 20.9 Å². The molecule has 0 aliphatic rings. The fourth-order valence-electron chi connectivity index (χ4n) is 3.14. The van der Waals surface area contributed by atoms with Gasteiger partial charge < -0.3 is 13.8 Å². The van der Waals surface area contributed by atoms with Gasteiger partial charge in [0.1, 0.15) is 12.4 Å². The van der Waals surface area contributed by atoms with E-state index in [2.05, 4.69) is 26.8 Å². The van der Waals surface area contributed by atoms with Gasteiger partial charge in [-0.3, -0.25) is 4.79 Å². The van der Waals surface area contributed by atoms with Crippen LogP contribution in [0.25, 0.3) is 11.0 Å². The molecule has 4 aromatic rings. The molecular weight excluding hydrogens is 422 g/mol. The van der Waals surface area contributed by atoms with Crippen LogP contribution in [0.4, 0.5) is 0 Å². The molecule has 6 nitrogen and oxygen atoms in total. The summed E-state index contributed by atoms with van der Waals surface area (Å²) >= 11 is 7.49. The maximum absolute atomic E-state index is 12.3.